The van der Waals surface area contributed by atoms with E-state index in [4.69, 9.17) is 18.6 Å². The van der Waals surface area contributed by atoms with Gasteiger partial charge in [-0.15, -0.1) is 10.2 Å². The Hall–Kier alpha value is -4.67. The van der Waals surface area contributed by atoms with E-state index in [-0.39, 0.29) is 19.7 Å². The first-order chi connectivity index (χ1) is 17.1. The van der Waals surface area contributed by atoms with E-state index in [0.717, 1.165) is 4.68 Å². The summed E-state index contributed by atoms with van der Waals surface area (Å²) in [6, 6.07) is 15.1. The van der Waals surface area contributed by atoms with Crippen LogP contribution >= 0.6 is 0 Å². The Balaban J connectivity index is 1.33. The van der Waals surface area contributed by atoms with Crippen molar-refractivity contribution in [1.82, 2.24) is 25.3 Å². The number of aromatic nitrogens is 4. The van der Waals surface area contributed by atoms with Crippen molar-refractivity contribution in [1.29, 1.82) is 0 Å². The van der Waals surface area contributed by atoms with E-state index in [2.05, 4.69) is 20.6 Å². The summed E-state index contributed by atoms with van der Waals surface area (Å²) in [6.45, 7) is 0.124. The molecule has 11 nitrogen and oxygen atoms in total. The van der Waals surface area contributed by atoms with Gasteiger partial charge in [-0.05, 0) is 42.5 Å². The molecule has 0 fully saturated rings. The maximum atomic E-state index is 12.4. The number of carbonyl (C=O) groups is 1. The second-order valence-corrected chi connectivity index (χ2v) is 7.21. The molecule has 180 valence electrons. The number of amides is 1. The Morgan fingerprint density at radius 3 is 2.60 bits per heavy atom. The summed E-state index contributed by atoms with van der Waals surface area (Å²) in [5.74, 6) is 1.70. The fourth-order valence-electron chi connectivity index (χ4n) is 3.21. The molecule has 1 aromatic carbocycles. The molecule has 0 atom stereocenters. The molecule has 35 heavy (non-hydrogen) atoms. The molecule has 0 radical (unpaired) electrons. The van der Waals surface area contributed by atoms with Gasteiger partial charge >= 0.3 is 0 Å². The second-order valence-electron chi connectivity index (χ2n) is 7.21. The number of ether oxygens (including phenoxy) is 3. The predicted octanol–water partition coefficient (Wildman–Crippen LogP) is 2.17. The van der Waals surface area contributed by atoms with Gasteiger partial charge in [0.1, 0.15) is 30.3 Å². The lowest BCUT2D eigenvalue weighted by atomic mass is 10.1. The number of benzene rings is 1. The molecule has 0 saturated carbocycles. The molecule has 4 rings (SSSR count). The van der Waals surface area contributed by atoms with Crippen molar-refractivity contribution in [3.05, 3.63) is 71.2 Å². The number of methoxy groups -OCH3 is 2. The standard InChI is InChI=1S/C24H23N5O6/c1-32-16-5-8-20(33-2)17(14-16)18-7-10-24(31)29(28-18)15-22(30)25-11-13-35-23-9-6-19(26-27-23)21-4-3-12-34-21/h3-10,12,14H,11,13,15H2,1-2H3,(H,25,30). The minimum Gasteiger partial charge on any atom is -0.497 e. The topological polar surface area (TPSA) is 131 Å². The smallest absolute Gasteiger partial charge is 0.267 e. The summed E-state index contributed by atoms with van der Waals surface area (Å²) in [7, 11) is 3.09. The molecule has 0 unspecified atom stereocenters. The summed E-state index contributed by atoms with van der Waals surface area (Å²) in [5.41, 5.74) is 1.28. The first kappa shape index (κ1) is 23.5. The minimum atomic E-state index is -0.408. The van der Waals surface area contributed by atoms with Gasteiger partial charge in [0.05, 0.1) is 32.7 Å². The summed E-state index contributed by atoms with van der Waals surface area (Å²) in [5, 5.41) is 15.0. The zero-order valence-electron chi connectivity index (χ0n) is 19.1. The van der Waals surface area contributed by atoms with Gasteiger partial charge in [0.15, 0.2) is 5.76 Å². The molecule has 3 heterocycles. The highest BCUT2D eigenvalue weighted by atomic mass is 16.5. The van der Waals surface area contributed by atoms with E-state index in [9.17, 15) is 9.59 Å². The van der Waals surface area contributed by atoms with Crippen molar-refractivity contribution in [2.75, 3.05) is 27.4 Å². The van der Waals surface area contributed by atoms with Gasteiger partial charge in [0, 0.05) is 17.7 Å². The predicted molar refractivity (Wildman–Crippen MR) is 125 cm³/mol. The van der Waals surface area contributed by atoms with Crippen molar-refractivity contribution in [2.24, 2.45) is 0 Å². The van der Waals surface area contributed by atoms with Gasteiger partial charge in [-0.2, -0.15) is 5.10 Å². The molecule has 3 aromatic heterocycles. The van der Waals surface area contributed by atoms with E-state index < -0.39 is 11.5 Å². The number of rotatable bonds is 10. The fraction of sp³-hybridized carbons (Fsp3) is 0.208. The molecular formula is C24H23N5O6. The summed E-state index contributed by atoms with van der Waals surface area (Å²) < 4.78 is 22.5. The quantitative estimate of drug-likeness (QED) is 0.341. The lowest BCUT2D eigenvalue weighted by molar-refractivity contribution is -0.122. The van der Waals surface area contributed by atoms with Crippen molar-refractivity contribution in [2.45, 2.75) is 6.54 Å². The van der Waals surface area contributed by atoms with Crippen LogP contribution in [0.5, 0.6) is 17.4 Å². The highest BCUT2D eigenvalue weighted by Gasteiger charge is 2.13. The van der Waals surface area contributed by atoms with Gasteiger partial charge in [0.2, 0.25) is 11.8 Å². The van der Waals surface area contributed by atoms with Crippen LogP contribution in [0.4, 0.5) is 0 Å². The third-order valence-corrected chi connectivity index (χ3v) is 4.93. The lowest BCUT2D eigenvalue weighted by Gasteiger charge is -2.12. The molecule has 0 bridgehead atoms. The van der Waals surface area contributed by atoms with Crippen LogP contribution in [0.1, 0.15) is 0 Å². The van der Waals surface area contributed by atoms with Crippen LogP contribution in [0.3, 0.4) is 0 Å². The van der Waals surface area contributed by atoms with Crippen LogP contribution in [-0.2, 0) is 11.3 Å². The SMILES string of the molecule is COc1ccc(OC)c(-c2ccc(=O)n(CC(=O)NCCOc3ccc(-c4ccco4)nn3)n2)c1. The normalized spacial score (nSPS) is 10.6. The van der Waals surface area contributed by atoms with Crippen LogP contribution in [0.25, 0.3) is 22.7 Å². The van der Waals surface area contributed by atoms with E-state index in [1.54, 1.807) is 61.9 Å². The van der Waals surface area contributed by atoms with Crippen LogP contribution < -0.4 is 25.1 Å². The number of hydrogen-bond acceptors (Lipinski definition) is 9. The summed E-state index contributed by atoms with van der Waals surface area (Å²) in [6.07, 6.45) is 1.56. The molecule has 4 aromatic rings. The zero-order valence-corrected chi connectivity index (χ0v) is 19.1. The molecule has 0 aliphatic rings. The third kappa shape index (κ3) is 5.82. The Morgan fingerprint density at radius 1 is 1.03 bits per heavy atom. The van der Waals surface area contributed by atoms with Crippen molar-refractivity contribution in [3.63, 3.8) is 0 Å². The van der Waals surface area contributed by atoms with E-state index >= 15 is 0 Å². The second kappa shape index (κ2) is 11.0. The van der Waals surface area contributed by atoms with Gasteiger partial charge in [-0.1, -0.05) is 0 Å². The largest absolute Gasteiger partial charge is 0.497 e. The Bertz CT molecular complexity index is 1340. The number of nitrogens with one attached hydrogen (secondary N) is 1. The van der Waals surface area contributed by atoms with Crippen LogP contribution in [0.15, 0.2) is 70.1 Å². The highest BCUT2D eigenvalue weighted by Crippen LogP contribution is 2.31. The van der Waals surface area contributed by atoms with Gasteiger partial charge in [0.25, 0.3) is 5.56 Å². The maximum Gasteiger partial charge on any atom is 0.267 e. The first-order valence-electron chi connectivity index (χ1n) is 10.6. The van der Waals surface area contributed by atoms with E-state index in [0.29, 0.717) is 40.1 Å². The summed E-state index contributed by atoms with van der Waals surface area (Å²) >= 11 is 0. The van der Waals surface area contributed by atoms with Crippen LogP contribution in [0, 0.1) is 0 Å². The third-order valence-electron chi connectivity index (χ3n) is 4.93. The van der Waals surface area contributed by atoms with Crippen molar-refractivity contribution in [3.8, 4) is 40.1 Å². The number of hydrogen-bond donors (Lipinski definition) is 1. The molecular weight excluding hydrogens is 454 g/mol. The molecule has 0 aliphatic heterocycles. The van der Waals surface area contributed by atoms with Crippen LogP contribution in [0.2, 0.25) is 0 Å². The van der Waals surface area contributed by atoms with Crippen molar-refractivity contribution >= 4 is 5.91 Å². The van der Waals surface area contributed by atoms with E-state index in [1.807, 2.05) is 0 Å². The minimum absolute atomic E-state index is 0.171. The van der Waals surface area contributed by atoms with Gasteiger partial charge in [-0.25, -0.2) is 4.68 Å². The summed E-state index contributed by atoms with van der Waals surface area (Å²) in [4.78, 5) is 24.6. The average Bonchev–Trinajstić information content (AvgIpc) is 3.43. The number of carbonyl (C=O) groups excluding carboxylic acids is 1. The number of furan rings is 1. The van der Waals surface area contributed by atoms with Gasteiger partial charge in [-0.3, -0.25) is 9.59 Å². The lowest BCUT2D eigenvalue weighted by Crippen LogP contribution is -2.35. The average molecular weight is 477 g/mol. The van der Waals surface area contributed by atoms with Gasteiger partial charge < -0.3 is 23.9 Å². The monoisotopic (exact) mass is 477 g/mol. The number of nitrogens with zero attached hydrogens (tertiary/aromatic N) is 4. The van der Waals surface area contributed by atoms with E-state index in [1.165, 1.54) is 13.2 Å². The maximum absolute atomic E-state index is 12.4. The molecule has 0 saturated heterocycles. The highest BCUT2D eigenvalue weighted by molar-refractivity contribution is 5.75. The molecule has 11 heteroatoms. The van der Waals surface area contributed by atoms with Crippen molar-refractivity contribution < 1.29 is 23.4 Å². The van der Waals surface area contributed by atoms with Crippen LogP contribution in [-0.4, -0.2) is 53.3 Å². The molecule has 1 N–H and O–H groups in total. The molecule has 0 spiro atoms. The zero-order chi connectivity index (χ0) is 24.6. The molecule has 0 aliphatic carbocycles. The molecule has 1 amide bonds. The Morgan fingerprint density at radius 2 is 1.89 bits per heavy atom. The Kier molecular flexibility index (Phi) is 7.36. The first-order valence-corrected chi connectivity index (χ1v) is 10.6. The fourth-order valence-corrected chi connectivity index (χ4v) is 3.21. The Labute approximate surface area is 200 Å².